The fourth-order valence-electron chi connectivity index (χ4n) is 2.36. The molecule has 1 aromatic rings. The summed E-state index contributed by atoms with van der Waals surface area (Å²) in [5.74, 6) is -0.150. The number of benzene rings is 1. The van der Waals surface area contributed by atoms with Gasteiger partial charge >= 0.3 is 0 Å². The summed E-state index contributed by atoms with van der Waals surface area (Å²) in [6.07, 6.45) is 3.68. The van der Waals surface area contributed by atoms with E-state index in [0.29, 0.717) is 28.0 Å². The minimum Gasteiger partial charge on any atom is -0.351 e. The molecule has 2 rings (SSSR count). The lowest BCUT2D eigenvalue weighted by atomic mass is 10.1. The summed E-state index contributed by atoms with van der Waals surface area (Å²) in [7, 11) is 0. The molecule has 2 amide bonds. The second-order valence-corrected chi connectivity index (χ2v) is 6.28. The Balaban J connectivity index is 1.81. The lowest BCUT2D eigenvalue weighted by Crippen LogP contribution is -2.37. The van der Waals surface area contributed by atoms with E-state index < -0.39 is 0 Å². The molecule has 1 aliphatic heterocycles. The number of likely N-dealkylation sites (tertiary alicyclic amines) is 1. The van der Waals surface area contributed by atoms with Gasteiger partial charge in [0, 0.05) is 30.5 Å². The molecule has 1 heterocycles. The molecule has 1 aromatic carbocycles. The van der Waals surface area contributed by atoms with Gasteiger partial charge in [0.05, 0.1) is 10.6 Å². The molecule has 1 saturated heterocycles. The van der Waals surface area contributed by atoms with Crippen LogP contribution in [0, 0.1) is 0 Å². The fourth-order valence-corrected chi connectivity index (χ4v) is 2.94. The number of amides is 2. The molecule has 1 N–H and O–H groups in total. The van der Waals surface area contributed by atoms with Crippen LogP contribution in [0.3, 0.4) is 0 Å². The highest BCUT2D eigenvalue weighted by Crippen LogP contribution is 2.25. The van der Waals surface area contributed by atoms with E-state index in [1.54, 1.807) is 18.2 Å². The van der Waals surface area contributed by atoms with Crippen molar-refractivity contribution in [2.24, 2.45) is 0 Å². The molecular weight excluding hydrogens is 356 g/mol. The van der Waals surface area contributed by atoms with Crippen LogP contribution < -0.4 is 5.32 Å². The van der Waals surface area contributed by atoms with Gasteiger partial charge in [-0.1, -0.05) is 17.7 Å². The first-order chi connectivity index (χ1) is 10.1. The predicted octanol–water partition coefficient (Wildman–Crippen LogP) is 3.23. The molecule has 0 saturated carbocycles. The lowest BCUT2D eigenvalue weighted by molar-refractivity contribution is -0.131. The molecule has 114 valence electrons. The van der Waals surface area contributed by atoms with Crippen LogP contribution in [0.1, 0.15) is 36.0 Å². The summed E-state index contributed by atoms with van der Waals surface area (Å²) in [5, 5.41) is 3.13. The Kier molecular flexibility index (Phi) is 6.06. The molecule has 1 fully saturated rings. The Morgan fingerprint density at radius 3 is 2.67 bits per heavy atom. The highest BCUT2D eigenvalue weighted by Gasteiger charge is 2.17. The summed E-state index contributed by atoms with van der Waals surface area (Å²) >= 11 is 9.35. The van der Waals surface area contributed by atoms with E-state index in [-0.39, 0.29) is 11.8 Å². The monoisotopic (exact) mass is 372 g/mol. The van der Waals surface area contributed by atoms with Crippen LogP contribution in [0.2, 0.25) is 5.02 Å². The smallest absolute Gasteiger partial charge is 0.252 e. The molecule has 0 aliphatic carbocycles. The molecule has 0 bridgehead atoms. The van der Waals surface area contributed by atoms with Crippen LogP contribution in [-0.2, 0) is 4.79 Å². The zero-order chi connectivity index (χ0) is 15.2. The molecule has 0 radical (unpaired) electrons. The first-order valence-corrected chi connectivity index (χ1v) is 8.26. The maximum absolute atomic E-state index is 12.0. The number of halogens is 2. The Labute approximate surface area is 138 Å². The van der Waals surface area contributed by atoms with Gasteiger partial charge in [0.15, 0.2) is 0 Å². The number of nitrogens with one attached hydrogen (secondary N) is 1. The van der Waals surface area contributed by atoms with E-state index in [4.69, 9.17) is 11.6 Å². The van der Waals surface area contributed by atoms with Gasteiger partial charge in [0.1, 0.15) is 0 Å². The SMILES string of the molecule is O=C(NCCC(=O)N1CCCCC1)c1cccc(Br)c1Cl. The predicted molar refractivity (Wildman–Crippen MR) is 86.5 cm³/mol. The second-order valence-electron chi connectivity index (χ2n) is 5.05. The van der Waals surface area contributed by atoms with Crippen molar-refractivity contribution in [2.45, 2.75) is 25.7 Å². The van der Waals surface area contributed by atoms with E-state index >= 15 is 0 Å². The first-order valence-electron chi connectivity index (χ1n) is 7.09. The van der Waals surface area contributed by atoms with Crippen molar-refractivity contribution in [3.8, 4) is 0 Å². The van der Waals surface area contributed by atoms with Crippen molar-refractivity contribution in [3.63, 3.8) is 0 Å². The fraction of sp³-hybridized carbons (Fsp3) is 0.467. The van der Waals surface area contributed by atoms with Gasteiger partial charge in [-0.3, -0.25) is 9.59 Å². The van der Waals surface area contributed by atoms with Crippen molar-refractivity contribution >= 4 is 39.3 Å². The summed E-state index contributed by atoms with van der Waals surface area (Å²) in [6, 6.07) is 5.19. The van der Waals surface area contributed by atoms with Gasteiger partial charge in [-0.25, -0.2) is 0 Å². The average molecular weight is 374 g/mol. The summed E-state index contributed by atoms with van der Waals surface area (Å²) in [5.41, 5.74) is 0.413. The number of nitrogens with zero attached hydrogens (tertiary/aromatic N) is 1. The number of piperidine rings is 1. The van der Waals surface area contributed by atoms with Crippen LogP contribution in [-0.4, -0.2) is 36.3 Å². The average Bonchev–Trinajstić information content (AvgIpc) is 2.50. The summed E-state index contributed by atoms with van der Waals surface area (Å²) in [6.45, 7) is 2.01. The molecular formula is C15H18BrClN2O2. The van der Waals surface area contributed by atoms with Gasteiger partial charge < -0.3 is 10.2 Å². The van der Waals surface area contributed by atoms with Crippen molar-refractivity contribution in [3.05, 3.63) is 33.3 Å². The number of hydrogen-bond acceptors (Lipinski definition) is 2. The molecule has 0 spiro atoms. The molecule has 0 unspecified atom stereocenters. The maximum Gasteiger partial charge on any atom is 0.252 e. The quantitative estimate of drug-likeness (QED) is 0.881. The molecule has 0 atom stereocenters. The molecule has 0 aromatic heterocycles. The third-order valence-corrected chi connectivity index (χ3v) is 4.83. The van der Waals surface area contributed by atoms with Crippen LogP contribution in [0.5, 0.6) is 0 Å². The van der Waals surface area contributed by atoms with E-state index in [9.17, 15) is 9.59 Å². The van der Waals surface area contributed by atoms with E-state index in [2.05, 4.69) is 21.2 Å². The van der Waals surface area contributed by atoms with Crippen molar-refractivity contribution in [1.29, 1.82) is 0 Å². The summed E-state index contributed by atoms with van der Waals surface area (Å²) < 4.78 is 0.682. The molecule has 6 heteroatoms. The first kappa shape index (κ1) is 16.3. The summed E-state index contributed by atoms with van der Waals surface area (Å²) in [4.78, 5) is 25.9. The third kappa shape index (κ3) is 4.45. The normalized spacial score (nSPS) is 14.9. The van der Waals surface area contributed by atoms with Crippen LogP contribution >= 0.6 is 27.5 Å². The van der Waals surface area contributed by atoms with Crippen LogP contribution in [0.4, 0.5) is 0 Å². The number of rotatable bonds is 4. The van der Waals surface area contributed by atoms with Gasteiger partial charge in [-0.05, 0) is 47.3 Å². The minimum atomic E-state index is -0.257. The highest BCUT2D eigenvalue weighted by atomic mass is 79.9. The number of carbonyl (C=O) groups excluding carboxylic acids is 2. The molecule has 4 nitrogen and oxygen atoms in total. The van der Waals surface area contributed by atoms with Crippen LogP contribution in [0.25, 0.3) is 0 Å². The van der Waals surface area contributed by atoms with Gasteiger partial charge in [0.25, 0.3) is 5.91 Å². The molecule has 21 heavy (non-hydrogen) atoms. The van der Waals surface area contributed by atoms with E-state index in [1.165, 1.54) is 6.42 Å². The van der Waals surface area contributed by atoms with Gasteiger partial charge in [-0.15, -0.1) is 0 Å². The van der Waals surface area contributed by atoms with Gasteiger partial charge in [0.2, 0.25) is 5.91 Å². The zero-order valence-electron chi connectivity index (χ0n) is 11.7. The number of carbonyl (C=O) groups is 2. The Morgan fingerprint density at radius 2 is 1.95 bits per heavy atom. The van der Waals surface area contributed by atoms with Gasteiger partial charge in [-0.2, -0.15) is 0 Å². The lowest BCUT2D eigenvalue weighted by Gasteiger charge is -2.26. The number of hydrogen-bond donors (Lipinski definition) is 1. The van der Waals surface area contributed by atoms with Crippen molar-refractivity contribution in [1.82, 2.24) is 10.2 Å². The second kappa shape index (κ2) is 7.80. The van der Waals surface area contributed by atoms with Crippen molar-refractivity contribution < 1.29 is 9.59 Å². The Bertz CT molecular complexity index is 530. The largest absolute Gasteiger partial charge is 0.351 e. The van der Waals surface area contributed by atoms with E-state index in [1.807, 2.05) is 4.90 Å². The zero-order valence-corrected chi connectivity index (χ0v) is 14.0. The Hall–Kier alpha value is -1.07. The Morgan fingerprint density at radius 1 is 1.24 bits per heavy atom. The maximum atomic E-state index is 12.0. The van der Waals surface area contributed by atoms with Crippen molar-refractivity contribution in [2.75, 3.05) is 19.6 Å². The van der Waals surface area contributed by atoms with Crippen LogP contribution in [0.15, 0.2) is 22.7 Å². The highest BCUT2D eigenvalue weighted by molar-refractivity contribution is 9.10. The topological polar surface area (TPSA) is 49.4 Å². The third-order valence-electron chi connectivity index (χ3n) is 3.53. The minimum absolute atomic E-state index is 0.107. The standard InChI is InChI=1S/C15H18BrClN2O2/c16-12-6-4-5-11(14(12)17)15(21)18-8-7-13(20)19-9-2-1-3-10-19/h4-6H,1-3,7-10H2,(H,18,21). The van der Waals surface area contributed by atoms with E-state index in [0.717, 1.165) is 25.9 Å². The molecule has 1 aliphatic rings.